The number of benzene rings is 7. The van der Waals surface area contributed by atoms with Crippen LogP contribution in [0.3, 0.4) is 0 Å². The molecule has 5 N–H and O–H groups in total. The van der Waals surface area contributed by atoms with Crippen molar-refractivity contribution < 1.29 is 30.4 Å². The molecule has 64 heavy (non-hydrogen) atoms. The molecule has 2 aliphatic rings. The molecule has 0 spiro atoms. The van der Waals surface area contributed by atoms with Gasteiger partial charge in [0.2, 0.25) is 0 Å². The number of hydrogen-bond donors (Lipinski definition) is 5. The average molecular weight is 893 g/mol. The summed E-state index contributed by atoms with van der Waals surface area (Å²) < 4.78 is 79.0. The van der Waals surface area contributed by atoms with Gasteiger partial charge in [0.05, 0.1) is 11.0 Å². The highest BCUT2D eigenvalue weighted by Gasteiger charge is 2.27. The molecule has 0 amide bonds. The summed E-state index contributed by atoms with van der Waals surface area (Å²) in [6.07, 6.45) is 0. The molecule has 0 atom stereocenters. The van der Waals surface area contributed by atoms with Gasteiger partial charge in [-0.05, 0) is 116 Å². The second-order valence-electron chi connectivity index (χ2n) is 16.0. The quantitative estimate of drug-likeness (QED) is 0.0587. The minimum absolute atomic E-state index is 0.203. The third-order valence-electron chi connectivity index (χ3n) is 11.6. The molecular formula is C51H48N4O7S2. The number of anilines is 4. The van der Waals surface area contributed by atoms with E-state index in [4.69, 9.17) is 9.41 Å². The van der Waals surface area contributed by atoms with Gasteiger partial charge in [0.1, 0.15) is 21.1 Å². The van der Waals surface area contributed by atoms with Gasteiger partial charge in [-0.2, -0.15) is 16.8 Å². The largest absolute Gasteiger partial charge is 0.456 e. The van der Waals surface area contributed by atoms with Gasteiger partial charge >= 0.3 is 0 Å². The first kappa shape index (κ1) is 43.9. The smallest absolute Gasteiger partial charge is 0.295 e. The molecule has 0 unspecified atom stereocenters. The molecule has 0 fully saturated rings. The molecule has 6 aromatic carbocycles. The van der Waals surface area contributed by atoms with E-state index in [1.165, 1.54) is 6.07 Å². The summed E-state index contributed by atoms with van der Waals surface area (Å²) in [4.78, 5) is 4.67. The van der Waals surface area contributed by atoms with Gasteiger partial charge in [0.25, 0.3) is 20.2 Å². The lowest BCUT2D eigenvalue weighted by atomic mass is 9.93. The molecule has 11 nitrogen and oxygen atoms in total. The molecule has 1 aliphatic heterocycles. The minimum atomic E-state index is -4.66. The van der Waals surface area contributed by atoms with Crippen LogP contribution in [0.5, 0.6) is 0 Å². The highest BCUT2D eigenvalue weighted by molar-refractivity contribution is 7.86. The Balaban J connectivity index is 1.29. The first-order chi connectivity index (χ1) is 30.5. The van der Waals surface area contributed by atoms with Crippen molar-refractivity contribution in [1.82, 2.24) is 0 Å². The lowest BCUT2D eigenvalue weighted by Crippen LogP contribution is -2.12. The predicted octanol–water partition coefficient (Wildman–Crippen LogP) is 11.7. The van der Waals surface area contributed by atoms with Crippen LogP contribution in [0.2, 0.25) is 0 Å². The number of rotatable bonds is 12. The Morgan fingerprint density at radius 1 is 0.562 bits per heavy atom. The Hall–Kier alpha value is -6.77. The first-order valence-electron chi connectivity index (χ1n) is 20.7. The lowest BCUT2D eigenvalue weighted by molar-refractivity contribution is 0.480. The van der Waals surface area contributed by atoms with Crippen molar-refractivity contribution >= 4 is 59.6 Å². The Labute approximate surface area is 373 Å². The average Bonchev–Trinajstić information content (AvgIpc) is 3.25. The normalized spacial score (nSPS) is 12.2. The predicted molar refractivity (Wildman–Crippen MR) is 255 cm³/mol. The van der Waals surface area contributed by atoms with Crippen molar-refractivity contribution in [1.29, 1.82) is 0 Å². The zero-order valence-electron chi connectivity index (χ0n) is 36.2. The third kappa shape index (κ3) is 8.75. The molecular weight excluding hydrogens is 845 g/mol. The highest BCUT2D eigenvalue weighted by Crippen LogP contribution is 2.44. The standard InChI is InChI=1S/C51H48N4O7S2/c1-30-25-31(2)48(32(3)47(30)52-28-36-15-9-7-10-16-36)54-38-21-23-40-43(26-38)62-44-27-39(22-24-41(44)46(40)42-19-13-14-20-45(42)63(56,57)58)55-50-33(4)49(53-29-37-17-11-8-12-18-37)34(5)51(35(50)6)64(59,60)61/h7-27,52-53,55H,28-29H2,1-6H3,(H,56,57,58)(H,59,60,61). The molecule has 0 saturated carbocycles. The maximum absolute atomic E-state index is 12.9. The van der Waals surface area contributed by atoms with Crippen LogP contribution >= 0.6 is 0 Å². The van der Waals surface area contributed by atoms with Crippen molar-refractivity contribution in [2.24, 2.45) is 4.99 Å². The van der Waals surface area contributed by atoms with Crippen LogP contribution in [0.1, 0.15) is 44.5 Å². The zero-order chi connectivity index (χ0) is 45.5. The van der Waals surface area contributed by atoms with Gasteiger partial charge in [-0.25, -0.2) is 4.99 Å². The molecule has 0 aromatic heterocycles. The number of hydrogen-bond acceptors (Lipinski definition) is 9. The zero-order valence-corrected chi connectivity index (χ0v) is 37.9. The fourth-order valence-electron chi connectivity index (χ4n) is 8.72. The SMILES string of the molecule is Cc1cc(C)c(NCc2ccccc2)c(C)c1N=c1ccc2c(-c3ccccc3S(=O)(=O)O)c3ccc(Nc4c(C)c(NCc5ccccc5)c(C)c(S(=O)(=O)O)c4C)cc3oc-2c1. The van der Waals surface area contributed by atoms with Crippen LogP contribution in [-0.4, -0.2) is 25.9 Å². The molecule has 0 radical (unpaired) electrons. The van der Waals surface area contributed by atoms with Crippen LogP contribution in [0, 0.1) is 41.5 Å². The highest BCUT2D eigenvalue weighted by atomic mass is 32.2. The van der Waals surface area contributed by atoms with Crippen molar-refractivity contribution in [3.63, 3.8) is 0 Å². The fraction of sp³-hybridized carbons (Fsp3) is 0.157. The second kappa shape index (κ2) is 17.4. The summed E-state index contributed by atoms with van der Waals surface area (Å²) in [5.41, 5.74) is 11.7. The molecule has 6 aromatic rings. The summed E-state index contributed by atoms with van der Waals surface area (Å²) in [6.45, 7) is 12.4. The van der Waals surface area contributed by atoms with Crippen molar-refractivity contribution in [2.75, 3.05) is 16.0 Å². The minimum Gasteiger partial charge on any atom is -0.456 e. The van der Waals surface area contributed by atoms with Crippen LogP contribution in [0.25, 0.3) is 33.4 Å². The molecule has 1 heterocycles. The fourth-order valence-corrected chi connectivity index (χ4v) is 10.4. The molecule has 326 valence electrons. The first-order valence-corrected chi connectivity index (χ1v) is 23.5. The Morgan fingerprint density at radius 3 is 1.81 bits per heavy atom. The number of fused-ring (bicyclic) bond motifs is 2. The Bertz CT molecular complexity index is 3370. The molecule has 0 saturated heterocycles. The van der Waals surface area contributed by atoms with E-state index in [-0.39, 0.29) is 15.4 Å². The number of nitrogens with zero attached hydrogens (tertiary/aromatic N) is 1. The van der Waals surface area contributed by atoms with Crippen molar-refractivity contribution in [3.8, 4) is 22.5 Å². The van der Waals surface area contributed by atoms with E-state index in [9.17, 15) is 25.9 Å². The van der Waals surface area contributed by atoms with Gasteiger partial charge in [-0.1, -0.05) is 84.9 Å². The molecule has 1 aliphatic carbocycles. The lowest BCUT2D eigenvalue weighted by Gasteiger charge is -2.23. The molecule has 0 bridgehead atoms. The van der Waals surface area contributed by atoms with Crippen LogP contribution < -0.4 is 21.3 Å². The number of aryl methyl sites for hydroxylation is 2. The van der Waals surface area contributed by atoms with E-state index in [0.29, 0.717) is 74.5 Å². The maximum atomic E-state index is 12.9. The van der Waals surface area contributed by atoms with E-state index in [1.54, 1.807) is 50.2 Å². The third-order valence-corrected chi connectivity index (χ3v) is 13.7. The summed E-state index contributed by atoms with van der Waals surface area (Å²) in [7, 11) is -9.30. The molecule has 8 rings (SSSR count). The van der Waals surface area contributed by atoms with Crippen LogP contribution in [-0.2, 0) is 33.3 Å². The monoisotopic (exact) mass is 892 g/mol. The summed E-state index contributed by atoms with van der Waals surface area (Å²) in [5.74, 6) is 0.402. The van der Waals surface area contributed by atoms with E-state index < -0.39 is 20.2 Å². The summed E-state index contributed by atoms with van der Waals surface area (Å²) in [6, 6.07) is 39.0. The van der Waals surface area contributed by atoms with Crippen molar-refractivity contribution in [3.05, 3.63) is 177 Å². The van der Waals surface area contributed by atoms with Gasteiger partial charge in [-0.15, -0.1) is 0 Å². The van der Waals surface area contributed by atoms with Gasteiger partial charge in [0.15, 0.2) is 0 Å². The van der Waals surface area contributed by atoms with E-state index in [1.807, 2.05) is 87.5 Å². The van der Waals surface area contributed by atoms with E-state index in [0.717, 1.165) is 44.8 Å². The van der Waals surface area contributed by atoms with Gasteiger partial charge in [-0.3, -0.25) is 9.11 Å². The molecule has 13 heteroatoms. The van der Waals surface area contributed by atoms with E-state index in [2.05, 4.69) is 41.1 Å². The number of nitrogens with one attached hydrogen (secondary N) is 3. The van der Waals surface area contributed by atoms with Gasteiger partial charge in [0, 0.05) is 70.0 Å². The topological polar surface area (TPSA) is 170 Å². The Kier molecular flexibility index (Phi) is 11.9. The van der Waals surface area contributed by atoms with Crippen molar-refractivity contribution in [2.45, 2.75) is 64.4 Å². The Morgan fingerprint density at radius 2 is 1.17 bits per heavy atom. The maximum Gasteiger partial charge on any atom is 0.295 e. The van der Waals surface area contributed by atoms with E-state index >= 15 is 0 Å². The van der Waals surface area contributed by atoms with Crippen LogP contribution in [0.4, 0.5) is 28.4 Å². The second-order valence-corrected chi connectivity index (χ2v) is 18.8. The summed E-state index contributed by atoms with van der Waals surface area (Å²) in [5, 5.41) is 11.6. The van der Waals surface area contributed by atoms with Gasteiger partial charge < -0.3 is 20.4 Å². The summed E-state index contributed by atoms with van der Waals surface area (Å²) >= 11 is 0. The van der Waals surface area contributed by atoms with Crippen LogP contribution in [0.15, 0.2) is 147 Å².